The molecule has 0 aliphatic rings. The Hall–Kier alpha value is -0.790. The van der Waals surface area contributed by atoms with Gasteiger partial charge in [-0.15, -0.1) is 0 Å². The minimum atomic E-state index is -4.33. The first kappa shape index (κ1) is 15.3. The van der Waals surface area contributed by atoms with Crippen LogP contribution in [0, 0.1) is 11.8 Å². The van der Waals surface area contributed by atoms with Crippen LogP contribution >= 0.6 is 23.4 Å². The van der Waals surface area contributed by atoms with E-state index in [2.05, 4.69) is 11.8 Å². The van der Waals surface area contributed by atoms with Gasteiger partial charge < -0.3 is 0 Å². The van der Waals surface area contributed by atoms with E-state index in [-0.39, 0.29) is 21.7 Å². The summed E-state index contributed by atoms with van der Waals surface area (Å²) in [7, 11) is 0. The Labute approximate surface area is 114 Å². The monoisotopic (exact) mass is 292 g/mol. The van der Waals surface area contributed by atoms with Crippen molar-refractivity contribution in [2.45, 2.75) is 36.6 Å². The van der Waals surface area contributed by atoms with Gasteiger partial charge >= 0.3 is 5.51 Å². The fraction of sp³-hybridized carbons (Fsp3) is 0.385. The van der Waals surface area contributed by atoms with E-state index in [4.69, 9.17) is 11.6 Å². The van der Waals surface area contributed by atoms with E-state index in [0.717, 1.165) is 12.8 Å². The molecule has 0 atom stereocenters. The van der Waals surface area contributed by atoms with Crippen molar-refractivity contribution in [1.82, 2.24) is 0 Å². The number of halogens is 4. The molecular formula is C13H12ClF3S. The summed E-state index contributed by atoms with van der Waals surface area (Å²) in [5.74, 6) is 5.64. The second-order valence-corrected chi connectivity index (χ2v) is 5.14. The van der Waals surface area contributed by atoms with Crippen LogP contribution in [-0.2, 0) is 0 Å². The summed E-state index contributed by atoms with van der Waals surface area (Å²) >= 11 is 5.52. The lowest BCUT2D eigenvalue weighted by atomic mass is 10.2. The molecular weight excluding hydrogens is 281 g/mol. The summed E-state index contributed by atoms with van der Waals surface area (Å²) in [6.45, 7) is 2.04. The largest absolute Gasteiger partial charge is 0.446 e. The Bertz CT molecular complexity index is 458. The number of rotatable bonds is 3. The highest BCUT2D eigenvalue weighted by Gasteiger charge is 2.30. The number of benzene rings is 1. The Morgan fingerprint density at radius 3 is 2.67 bits per heavy atom. The summed E-state index contributed by atoms with van der Waals surface area (Å²) in [5, 5.41) is 0.279. The lowest BCUT2D eigenvalue weighted by Crippen LogP contribution is -2.00. The van der Waals surface area contributed by atoms with Crippen LogP contribution in [-0.4, -0.2) is 5.51 Å². The standard InChI is InChI=1S/C13H12ClF3S/c1-2-3-4-5-6-10-7-8-11(14)9-12(10)18-13(15,16)17/h7-9H,2-4H2,1H3. The molecule has 0 saturated carbocycles. The molecule has 98 valence electrons. The van der Waals surface area contributed by atoms with Gasteiger partial charge in [0, 0.05) is 21.9 Å². The van der Waals surface area contributed by atoms with Gasteiger partial charge in [-0.1, -0.05) is 36.8 Å². The smallest absolute Gasteiger partial charge is 0.160 e. The predicted octanol–water partition coefficient (Wildman–Crippen LogP) is 5.49. The molecule has 0 bridgehead atoms. The van der Waals surface area contributed by atoms with Gasteiger partial charge in [-0.25, -0.2) is 0 Å². The number of thioether (sulfide) groups is 1. The molecule has 1 aromatic rings. The number of alkyl halides is 3. The maximum absolute atomic E-state index is 12.4. The summed E-state index contributed by atoms with van der Waals surface area (Å²) in [6, 6.07) is 4.37. The van der Waals surface area contributed by atoms with Crippen LogP contribution in [0.15, 0.2) is 23.1 Å². The zero-order chi connectivity index (χ0) is 13.6. The molecule has 0 spiro atoms. The number of hydrogen-bond acceptors (Lipinski definition) is 1. The topological polar surface area (TPSA) is 0 Å². The molecule has 18 heavy (non-hydrogen) atoms. The summed E-state index contributed by atoms with van der Waals surface area (Å²) in [4.78, 5) is 0.0546. The van der Waals surface area contributed by atoms with E-state index in [1.54, 1.807) is 6.07 Å². The normalized spacial score (nSPS) is 10.9. The highest BCUT2D eigenvalue weighted by atomic mass is 35.5. The van der Waals surface area contributed by atoms with Crippen molar-refractivity contribution in [1.29, 1.82) is 0 Å². The van der Waals surface area contributed by atoms with Crippen molar-refractivity contribution >= 4 is 23.4 Å². The van der Waals surface area contributed by atoms with Crippen molar-refractivity contribution in [3.63, 3.8) is 0 Å². The van der Waals surface area contributed by atoms with Crippen LogP contribution < -0.4 is 0 Å². The molecule has 0 aliphatic heterocycles. The lowest BCUT2D eigenvalue weighted by Gasteiger charge is -2.07. The Kier molecular flexibility index (Phi) is 5.90. The van der Waals surface area contributed by atoms with Crippen LogP contribution in [0.25, 0.3) is 0 Å². The average Bonchev–Trinajstić information content (AvgIpc) is 2.24. The first-order valence-corrected chi connectivity index (χ1v) is 6.66. The molecule has 0 heterocycles. The Balaban J connectivity index is 2.92. The quantitative estimate of drug-likeness (QED) is 0.403. The first-order chi connectivity index (χ1) is 8.42. The van der Waals surface area contributed by atoms with Crippen LogP contribution in [0.3, 0.4) is 0 Å². The van der Waals surface area contributed by atoms with E-state index in [0.29, 0.717) is 12.0 Å². The molecule has 0 unspecified atom stereocenters. The van der Waals surface area contributed by atoms with Crippen LogP contribution in [0.5, 0.6) is 0 Å². The molecule has 0 N–H and O–H groups in total. The van der Waals surface area contributed by atoms with E-state index >= 15 is 0 Å². The second kappa shape index (κ2) is 6.96. The second-order valence-electron chi connectivity index (χ2n) is 3.59. The highest BCUT2D eigenvalue weighted by molar-refractivity contribution is 8.00. The molecule has 0 nitrogen and oxygen atoms in total. The van der Waals surface area contributed by atoms with Crippen molar-refractivity contribution in [2.75, 3.05) is 0 Å². The molecule has 0 fully saturated rings. The fourth-order valence-electron chi connectivity index (χ4n) is 1.23. The molecule has 0 amide bonds. The zero-order valence-electron chi connectivity index (χ0n) is 9.77. The van der Waals surface area contributed by atoms with E-state index in [1.807, 2.05) is 6.92 Å². The molecule has 0 aliphatic carbocycles. The molecule has 0 saturated heterocycles. The van der Waals surface area contributed by atoms with Gasteiger partial charge in [-0.05, 0) is 36.4 Å². The fourth-order valence-corrected chi connectivity index (χ4v) is 2.13. The van der Waals surface area contributed by atoms with Gasteiger partial charge in [0.2, 0.25) is 0 Å². The van der Waals surface area contributed by atoms with Crippen molar-refractivity contribution < 1.29 is 13.2 Å². The third-order valence-electron chi connectivity index (χ3n) is 2.05. The maximum atomic E-state index is 12.4. The van der Waals surface area contributed by atoms with Gasteiger partial charge in [0.15, 0.2) is 0 Å². The van der Waals surface area contributed by atoms with E-state index in [9.17, 15) is 13.2 Å². The van der Waals surface area contributed by atoms with Gasteiger partial charge in [0.05, 0.1) is 0 Å². The van der Waals surface area contributed by atoms with Crippen LogP contribution in [0.4, 0.5) is 13.2 Å². The third-order valence-corrected chi connectivity index (χ3v) is 3.07. The van der Waals surface area contributed by atoms with Gasteiger partial charge in [-0.2, -0.15) is 13.2 Å². The zero-order valence-corrected chi connectivity index (χ0v) is 11.3. The SMILES string of the molecule is CCCCC#Cc1ccc(Cl)cc1SC(F)(F)F. The molecule has 1 rings (SSSR count). The third kappa shape index (κ3) is 5.70. The molecule has 5 heteroatoms. The van der Waals surface area contributed by atoms with Crippen molar-refractivity contribution in [2.24, 2.45) is 0 Å². The van der Waals surface area contributed by atoms with E-state index in [1.165, 1.54) is 12.1 Å². The molecule has 1 aromatic carbocycles. The van der Waals surface area contributed by atoms with Crippen LogP contribution in [0.1, 0.15) is 31.7 Å². The lowest BCUT2D eigenvalue weighted by molar-refractivity contribution is -0.0328. The van der Waals surface area contributed by atoms with Crippen LogP contribution in [0.2, 0.25) is 5.02 Å². The summed E-state index contributed by atoms with van der Waals surface area (Å²) in [5.41, 5.74) is -3.96. The number of hydrogen-bond donors (Lipinski definition) is 0. The van der Waals surface area contributed by atoms with Crippen molar-refractivity contribution in [3.05, 3.63) is 28.8 Å². The summed E-state index contributed by atoms with van der Waals surface area (Å²) in [6.07, 6.45) is 2.65. The Morgan fingerprint density at radius 1 is 1.33 bits per heavy atom. The molecule has 0 radical (unpaired) electrons. The van der Waals surface area contributed by atoms with Gasteiger partial charge in [0.25, 0.3) is 0 Å². The first-order valence-electron chi connectivity index (χ1n) is 5.46. The minimum Gasteiger partial charge on any atom is -0.160 e. The maximum Gasteiger partial charge on any atom is 0.446 e. The molecule has 0 aromatic heterocycles. The van der Waals surface area contributed by atoms with Crippen molar-refractivity contribution in [3.8, 4) is 11.8 Å². The van der Waals surface area contributed by atoms with Gasteiger partial charge in [0.1, 0.15) is 0 Å². The predicted molar refractivity (Wildman–Crippen MR) is 69.8 cm³/mol. The van der Waals surface area contributed by atoms with E-state index < -0.39 is 5.51 Å². The number of unbranched alkanes of at least 4 members (excludes halogenated alkanes) is 2. The summed E-state index contributed by atoms with van der Waals surface area (Å²) < 4.78 is 37.1. The Morgan fingerprint density at radius 2 is 2.06 bits per heavy atom. The highest BCUT2D eigenvalue weighted by Crippen LogP contribution is 2.39. The minimum absolute atomic E-state index is 0.0546. The average molecular weight is 293 g/mol. The van der Waals surface area contributed by atoms with Gasteiger partial charge in [-0.3, -0.25) is 0 Å².